The van der Waals surface area contributed by atoms with Gasteiger partial charge < -0.3 is 10.6 Å². The van der Waals surface area contributed by atoms with Crippen LogP contribution in [0.5, 0.6) is 0 Å². The zero-order valence-corrected chi connectivity index (χ0v) is 12.2. The molecule has 1 aliphatic rings. The van der Waals surface area contributed by atoms with Gasteiger partial charge in [-0.2, -0.15) is 0 Å². The first kappa shape index (κ1) is 13.3. The maximum Gasteiger partial charge on any atom is 0.0387 e. The quantitative estimate of drug-likeness (QED) is 0.763. The number of nitrogens with two attached hydrogens (primary N) is 1. The van der Waals surface area contributed by atoms with Crippen molar-refractivity contribution in [1.29, 1.82) is 0 Å². The van der Waals surface area contributed by atoms with E-state index in [-0.39, 0.29) is 0 Å². The van der Waals surface area contributed by atoms with Crippen LogP contribution in [0.1, 0.15) is 39.2 Å². The molecule has 0 spiro atoms. The molecule has 100 valence electrons. The summed E-state index contributed by atoms with van der Waals surface area (Å²) in [6, 6.07) is 6.44. The molecule has 2 heteroatoms. The summed E-state index contributed by atoms with van der Waals surface area (Å²) in [5.41, 5.74) is 9.80. The molecule has 0 aliphatic carbocycles. The third-order valence-corrected chi connectivity index (χ3v) is 4.35. The van der Waals surface area contributed by atoms with Crippen LogP contribution in [0.2, 0.25) is 0 Å². The smallest absolute Gasteiger partial charge is 0.0387 e. The molecule has 1 aromatic rings. The van der Waals surface area contributed by atoms with Gasteiger partial charge in [0.1, 0.15) is 0 Å². The lowest BCUT2D eigenvalue weighted by Gasteiger charge is -2.39. The molecule has 2 rings (SSSR count). The Hall–Kier alpha value is -1.18. The Morgan fingerprint density at radius 1 is 1.17 bits per heavy atom. The van der Waals surface area contributed by atoms with E-state index in [1.54, 1.807) is 0 Å². The molecular formula is C16H26N2. The lowest BCUT2D eigenvalue weighted by Crippen LogP contribution is -2.38. The molecule has 0 atom stereocenters. The number of rotatable bonds is 1. The summed E-state index contributed by atoms with van der Waals surface area (Å²) in [6.07, 6.45) is 2.58. The summed E-state index contributed by atoms with van der Waals surface area (Å²) < 4.78 is 0. The monoisotopic (exact) mass is 246 g/mol. The van der Waals surface area contributed by atoms with E-state index < -0.39 is 0 Å². The SMILES string of the molecule is Cc1ccc(N2CCC(C(C)(C)C)CC2)cc1N. The van der Waals surface area contributed by atoms with Gasteiger partial charge in [-0.3, -0.25) is 0 Å². The van der Waals surface area contributed by atoms with Crippen LogP contribution < -0.4 is 10.6 Å². The highest BCUT2D eigenvalue weighted by atomic mass is 15.1. The van der Waals surface area contributed by atoms with Gasteiger partial charge in [0, 0.05) is 24.5 Å². The van der Waals surface area contributed by atoms with Gasteiger partial charge >= 0.3 is 0 Å². The standard InChI is InChI=1S/C16H26N2/c1-12-5-6-14(11-15(12)17)18-9-7-13(8-10-18)16(2,3)4/h5-6,11,13H,7-10,17H2,1-4H3. The first-order valence-electron chi connectivity index (χ1n) is 6.99. The molecule has 2 nitrogen and oxygen atoms in total. The zero-order chi connectivity index (χ0) is 13.3. The minimum absolute atomic E-state index is 0.443. The van der Waals surface area contributed by atoms with Crippen LogP contribution in [0.25, 0.3) is 0 Å². The largest absolute Gasteiger partial charge is 0.398 e. The van der Waals surface area contributed by atoms with E-state index in [1.165, 1.54) is 24.1 Å². The van der Waals surface area contributed by atoms with Gasteiger partial charge in [0.15, 0.2) is 0 Å². The summed E-state index contributed by atoms with van der Waals surface area (Å²) in [6.45, 7) is 11.4. The number of nitrogen functional groups attached to an aromatic ring is 1. The predicted octanol–water partition coefficient (Wildman–Crippen LogP) is 3.84. The summed E-state index contributed by atoms with van der Waals surface area (Å²) >= 11 is 0. The summed E-state index contributed by atoms with van der Waals surface area (Å²) in [5.74, 6) is 0.844. The zero-order valence-electron chi connectivity index (χ0n) is 12.2. The number of nitrogens with zero attached hydrogens (tertiary/aromatic N) is 1. The highest BCUT2D eigenvalue weighted by molar-refractivity contribution is 5.59. The molecule has 18 heavy (non-hydrogen) atoms. The number of benzene rings is 1. The van der Waals surface area contributed by atoms with Gasteiger partial charge in [0.25, 0.3) is 0 Å². The number of hydrogen-bond acceptors (Lipinski definition) is 2. The van der Waals surface area contributed by atoms with Gasteiger partial charge in [-0.25, -0.2) is 0 Å². The molecule has 0 bridgehead atoms. The second-order valence-corrected chi connectivity index (χ2v) is 6.67. The van der Waals surface area contributed by atoms with E-state index in [1.807, 2.05) is 0 Å². The van der Waals surface area contributed by atoms with Crippen LogP contribution in [-0.2, 0) is 0 Å². The van der Waals surface area contributed by atoms with E-state index in [2.05, 4.69) is 50.8 Å². The molecule has 1 saturated heterocycles. The molecule has 0 aromatic heterocycles. The third kappa shape index (κ3) is 2.80. The van der Waals surface area contributed by atoms with Crippen LogP contribution in [-0.4, -0.2) is 13.1 Å². The second kappa shape index (κ2) is 4.83. The van der Waals surface area contributed by atoms with Crippen LogP contribution in [0.3, 0.4) is 0 Å². The molecule has 1 heterocycles. The Morgan fingerprint density at radius 2 is 1.78 bits per heavy atom. The van der Waals surface area contributed by atoms with Gasteiger partial charge in [-0.1, -0.05) is 26.8 Å². The fourth-order valence-electron chi connectivity index (χ4n) is 2.83. The fraction of sp³-hybridized carbons (Fsp3) is 0.625. The lowest BCUT2D eigenvalue weighted by atomic mass is 9.75. The van der Waals surface area contributed by atoms with E-state index in [9.17, 15) is 0 Å². The van der Waals surface area contributed by atoms with Crippen LogP contribution in [0.15, 0.2) is 18.2 Å². The number of aryl methyl sites for hydroxylation is 1. The first-order chi connectivity index (χ1) is 8.38. The summed E-state index contributed by atoms with van der Waals surface area (Å²) in [7, 11) is 0. The highest BCUT2D eigenvalue weighted by Gasteiger charge is 2.28. The van der Waals surface area contributed by atoms with Crippen molar-refractivity contribution in [1.82, 2.24) is 0 Å². The Bertz CT molecular complexity index is 410. The van der Waals surface area contributed by atoms with Crippen molar-refractivity contribution in [3.8, 4) is 0 Å². The Labute approximate surface area is 111 Å². The average molecular weight is 246 g/mol. The summed E-state index contributed by atoms with van der Waals surface area (Å²) in [4.78, 5) is 2.47. The van der Waals surface area contributed by atoms with Crippen LogP contribution >= 0.6 is 0 Å². The summed E-state index contributed by atoms with van der Waals surface area (Å²) in [5, 5.41) is 0. The minimum atomic E-state index is 0.443. The molecule has 2 N–H and O–H groups in total. The molecule has 1 fully saturated rings. The van der Waals surface area contributed by atoms with Crippen molar-refractivity contribution in [3.05, 3.63) is 23.8 Å². The second-order valence-electron chi connectivity index (χ2n) is 6.67. The average Bonchev–Trinajstić information content (AvgIpc) is 2.32. The van der Waals surface area contributed by atoms with Gasteiger partial charge in [0.2, 0.25) is 0 Å². The molecule has 0 saturated carbocycles. The topological polar surface area (TPSA) is 29.3 Å². The van der Waals surface area contributed by atoms with Crippen LogP contribution in [0.4, 0.5) is 11.4 Å². The molecular weight excluding hydrogens is 220 g/mol. The Morgan fingerprint density at radius 3 is 2.28 bits per heavy atom. The maximum atomic E-state index is 6.00. The molecule has 0 radical (unpaired) electrons. The van der Waals surface area contributed by atoms with E-state index in [4.69, 9.17) is 5.73 Å². The maximum absolute atomic E-state index is 6.00. The number of anilines is 2. The van der Waals surface area contributed by atoms with Gasteiger partial charge in [-0.05, 0) is 48.8 Å². The fourth-order valence-corrected chi connectivity index (χ4v) is 2.83. The van der Waals surface area contributed by atoms with Crippen molar-refractivity contribution < 1.29 is 0 Å². The van der Waals surface area contributed by atoms with E-state index in [0.717, 1.165) is 24.7 Å². The first-order valence-corrected chi connectivity index (χ1v) is 6.99. The van der Waals surface area contributed by atoms with Gasteiger partial charge in [-0.15, -0.1) is 0 Å². The van der Waals surface area contributed by atoms with Crippen molar-refractivity contribution in [2.24, 2.45) is 11.3 Å². The molecule has 0 unspecified atom stereocenters. The Balaban J connectivity index is 2.03. The van der Waals surface area contributed by atoms with E-state index >= 15 is 0 Å². The van der Waals surface area contributed by atoms with Gasteiger partial charge in [0.05, 0.1) is 0 Å². The minimum Gasteiger partial charge on any atom is -0.398 e. The van der Waals surface area contributed by atoms with Crippen molar-refractivity contribution >= 4 is 11.4 Å². The van der Waals surface area contributed by atoms with Crippen molar-refractivity contribution in [3.63, 3.8) is 0 Å². The molecule has 1 aromatic carbocycles. The highest BCUT2D eigenvalue weighted by Crippen LogP contribution is 2.35. The lowest BCUT2D eigenvalue weighted by molar-refractivity contribution is 0.199. The normalized spacial score (nSPS) is 18.1. The number of piperidine rings is 1. The molecule has 1 aliphatic heterocycles. The number of hydrogen-bond donors (Lipinski definition) is 1. The molecule has 0 amide bonds. The van der Waals surface area contributed by atoms with Crippen LogP contribution in [0, 0.1) is 18.3 Å². The van der Waals surface area contributed by atoms with Crippen molar-refractivity contribution in [2.45, 2.75) is 40.5 Å². The Kier molecular flexibility index (Phi) is 3.56. The third-order valence-electron chi connectivity index (χ3n) is 4.35. The van der Waals surface area contributed by atoms with Crippen molar-refractivity contribution in [2.75, 3.05) is 23.7 Å². The predicted molar refractivity (Wildman–Crippen MR) is 80.0 cm³/mol. The van der Waals surface area contributed by atoms with E-state index in [0.29, 0.717) is 5.41 Å².